The highest BCUT2D eigenvalue weighted by Crippen LogP contribution is 2.27. The van der Waals surface area contributed by atoms with Gasteiger partial charge in [0, 0.05) is 36.8 Å². The van der Waals surface area contributed by atoms with Crippen LogP contribution in [0.3, 0.4) is 0 Å². The zero-order chi connectivity index (χ0) is 34.0. The molecule has 1 aliphatic heterocycles. The number of aliphatic hydroxyl groups is 2. The van der Waals surface area contributed by atoms with Gasteiger partial charge in [0.15, 0.2) is 6.04 Å². The number of carbonyl (C=O) groups is 4. The van der Waals surface area contributed by atoms with E-state index in [4.69, 9.17) is 20.3 Å². The molecule has 0 unspecified atom stereocenters. The van der Waals surface area contributed by atoms with E-state index in [0.717, 1.165) is 31.2 Å². The first kappa shape index (κ1) is 36.9. The van der Waals surface area contributed by atoms with Gasteiger partial charge in [0.05, 0.1) is 24.9 Å². The maximum absolute atomic E-state index is 14.3. The minimum Gasteiger partial charge on any atom is -0.480 e. The van der Waals surface area contributed by atoms with Crippen molar-refractivity contribution in [2.45, 2.75) is 96.2 Å². The molecule has 14 heteroatoms. The monoisotopic (exact) mass is 650 g/mol. The van der Waals surface area contributed by atoms with E-state index in [0.29, 0.717) is 17.5 Å². The number of benzene rings is 1. The molecule has 6 N–H and O–H groups in total. The third-order valence-corrected chi connectivity index (χ3v) is 7.92. The van der Waals surface area contributed by atoms with E-state index in [2.05, 4.69) is 5.32 Å². The summed E-state index contributed by atoms with van der Waals surface area (Å²) in [4.78, 5) is 52.3. The van der Waals surface area contributed by atoms with E-state index in [1.54, 1.807) is 6.07 Å². The normalized spacial score (nSPS) is 18.5. The number of carboxylic acid groups (broad SMARTS) is 1. The SMILES string of the molecule is CC(C)COC(=O)CO[C@H]1CCN(C(=O)[C@@H](N)Cc2cn(CCCCCCO)c3ccc(F)cc23)[C@@H]1C(=O)N[C@H](C(=O)O)[C@@H](C)O. The topological polar surface area (TPSA) is 194 Å². The van der Waals surface area contributed by atoms with Crippen molar-refractivity contribution in [1.29, 1.82) is 0 Å². The van der Waals surface area contributed by atoms with Gasteiger partial charge in [-0.25, -0.2) is 14.0 Å². The number of ether oxygens (including phenoxy) is 2. The zero-order valence-corrected chi connectivity index (χ0v) is 26.7. The van der Waals surface area contributed by atoms with Crippen molar-refractivity contribution in [3.05, 3.63) is 35.8 Å². The van der Waals surface area contributed by atoms with Gasteiger partial charge in [-0.3, -0.25) is 9.59 Å². The Labute approximate surface area is 267 Å². The number of nitrogens with zero attached hydrogens (tertiary/aromatic N) is 2. The minimum absolute atomic E-state index is 0.0274. The van der Waals surface area contributed by atoms with Gasteiger partial charge in [-0.2, -0.15) is 0 Å². The summed E-state index contributed by atoms with van der Waals surface area (Å²) in [6, 6.07) is 0.286. The number of unbranched alkanes of at least 4 members (excludes halogenated alkanes) is 3. The molecule has 2 amide bonds. The molecular formula is C32H47FN4O9. The molecule has 0 radical (unpaired) electrons. The van der Waals surface area contributed by atoms with E-state index < -0.39 is 66.5 Å². The molecule has 1 aromatic heterocycles. The number of hydrogen-bond acceptors (Lipinski definition) is 9. The Balaban J connectivity index is 1.80. The molecule has 1 aliphatic rings. The number of carboxylic acids is 1. The number of halogens is 1. The molecule has 0 aliphatic carbocycles. The quantitative estimate of drug-likeness (QED) is 0.116. The van der Waals surface area contributed by atoms with Gasteiger partial charge in [0.2, 0.25) is 11.8 Å². The Hall–Kier alpha value is -3.59. The van der Waals surface area contributed by atoms with Crippen LogP contribution in [0.25, 0.3) is 10.9 Å². The highest BCUT2D eigenvalue weighted by atomic mass is 19.1. The second kappa shape index (κ2) is 17.4. The first-order valence-electron chi connectivity index (χ1n) is 15.8. The Bertz CT molecular complexity index is 1350. The van der Waals surface area contributed by atoms with E-state index in [-0.39, 0.29) is 38.5 Å². The summed E-state index contributed by atoms with van der Waals surface area (Å²) in [5.41, 5.74) is 7.85. The summed E-state index contributed by atoms with van der Waals surface area (Å²) in [7, 11) is 0. The summed E-state index contributed by atoms with van der Waals surface area (Å²) in [5.74, 6) is -3.96. The standard InChI is InChI=1S/C32H47FN4O9/c1-19(2)17-46-27(40)18-45-26-10-12-37(29(26)30(41)35-28(20(3)39)32(43)44)31(42)24(34)14-21-16-36(11-6-4-5-7-13-38)25-9-8-22(33)15-23(21)25/h8-9,15-16,19-20,24,26,28-29,38-39H,4-7,10-14,17-18,34H2,1-3H3,(H,35,41)(H,43,44)/t20-,24+,26+,28+,29+/m1/s1. The van der Waals surface area contributed by atoms with Crippen LogP contribution in [0.5, 0.6) is 0 Å². The van der Waals surface area contributed by atoms with Crippen LogP contribution in [0, 0.1) is 11.7 Å². The Kier molecular flexibility index (Phi) is 13.9. The molecule has 256 valence electrons. The summed E-state index contributed by atoms with van der Waals surface area (Å²) < 4.78 is 27.1. The fourth-order valence-electron chi connectivity index (χ4n) is 5.58. The van der Waals surface area contributed by atoms with E-state index in [9.17, 15) is 33.8 Å². The van der Waals surface area contributed by atoms with E-state index >= 15 is 0 Å². The summed E-state index contributed by atoms with van der Waals surface area (Å²) in [6.07, 6.45) is 2.96. The third kappa shape index (κ3) is 9.95. The van der Waals surface area contributed by atoms with Gasteiger partial charge in [0.1, 0.15) is 18.5 Å². The van der Waals surface area contributed by atoms with Gasteiger partial charge in [0.25, 0.3) is 0 Å². The number of carbonyl (C=O) groups excluding carboxylic acids is 3. The molecule has 2 aromatic rings. The number of aryl methyl sites for hydroxylation is 1. The van der Waals surface area contributed by atoms with Crippen LogP contribution in [0.2, 0.25) is 0 Å². The number of fused-ring (bicyclic) bond motifs is 1. The van der Waals surface area contributed by atoms with Gasteiger partial charge in [-0.05, 0) is 62.3 Å². The molecule has 1 saturated heterocycles. The smallest absolute Gasteiger partial charge is 0.332 e. The average Bonchev–Trinajstić information content (AvgIpc) is 3.57. The predicted octanol–water partition coefficient (Wildman–Crippen LogP) is 1.34. The van der Waals surface area contributed by atoms with Crippen LogP contribution in [0.15, 0.2) is 24.4 Å². The van der Waals surface area contributed by atoms with Gasteiger partial charge >= 0.3 is 11.9 Å². The number of aliphatic hydroxyl groups excluding tert-OH is 2. The molecule has 3 rings (SSSR count). The van der Waals surface area contributed by atoms with Crippen molar-refractivity contribution in [1.82, 2.24) is 14.8 Å². The van der Waals surface area contributed by atoms with Crippen LogP contribution < -0.4 is 11.1 Å². The Morgan fingerprint density at radius 1 is 1.13 bits per heavy atom. The number of amides is 2. The number of hydrogen-bond donors (Lipinski definition) is 5. The molecule has 13 nitrogen and oxygen atoms in total. The number of likely N-dealkylation sites (tertiary alicyclic amines) is 1. The van der Waals surface area contributed by atoms with Gasteiger partial charge < -0.3 is 45.3 Å². The van der Waals surface area contributed by atoms with Crippen LogP contribution in [-0.2, 0) is 41.6 Å². The number of nitrogens with one attached hydrogen (secondary N) is 1. The maximum Gasteiger partial charge on any atom is 0.332 e. The molecule has 1 fully saturated rings. The van der Waals surface area contributed by atoms with E-state index in [1.165, 1.54) is 24.0 Å². The highest BCUT2D eigenvalue weighted by Gasteiger charge is 2.45. The predicted molar refractivity (Wildman–Crippen MR) is 166 cm³/mol. The number of rotatable bonds is 18. The average molecular weight is 651 g/mol. The van der Waals surface area contributed by atoms with Crippen LogP contribution >= 0.6 is 0 Å². The zero-order valence-electron chi connectivity index (χ0n) is 26.7. The van der Waals surface area contributed by atoms with E-state index in [1.807, 2.05) is 24.6 Å². The number of aromatic nitrogens is 1. The molecule has 2 heterocycles. The summed E-state index contributed by atoms with van der Waals surface area (Å²) in [5, 5.41) is 31.3. The number of aliphatic carboxylic acids is 1. The summed E-state index contributed by atoms with van der Waals surface area (Å²) >= 11 is 0. The van der Waals surface area contributed by atoms with Crippen molar-refractivity contribution in [2.75, 3.05) is 26.4 Å². The fourth-order valence-corrected chi connectivity index (χ4v) is 5.58. The number of esters is 1. The molecule has 0 spiro atoms. The van der Waals surface area contributed by atoms with Crippen molar-refractivity contribution in [3.8, 4) is 0 Å². The van der Waals surface area contributed by atoms with Crippen molar-refractivity contribution < 1.29 is 48.4 Å². The largest absolute Gasteiger partial charge is 0.480 e. The summed E-state index contributed by atoms with van der Waals surface area (Å²) in [6.45, 7) is 5.46. The molecule has 0 bridgehead atoms. The highest BCUT2D eigenvalue weighted by molar-refractivity contribution is 5.93. The molecular weight excluding hydrogens is 603 g/mol. The van der Waals surface area contributed by atoms with Gasteiger partial charge in [-0.1, -0.05) is 26.7 Å². The van der Waals surface area contributed by atoms with Crippen molar-refractivity contribution in [3.63, 3.8) is 0 Å². The van der Waals surface area contributed by atoms with Crippen molar-refractivity contribution >= 4 is 34.7 Å². The van der Waals surface area contributed by atoms with Crippen molar-refractivity contribution in [2.24, 2.45) is 11.7 Å². The first-order chi connectivity index (χ1) is 21.8. The lowest BCUT2D eigenvalue weighted by Gasteiger charge is -2.30. The Morgan fingerprint density at radius 3 is 2.50 bits per heavy atom. The molecule has 1 aromatic carbocycles. The molecule has 5 atom stereocenters. The van der Waals surface area contributed by atoms with Crippen LogP contribution in [0.4, 0.5) is 4.39 Å². The van der Waals surface area contributed by atoms with Crippen LogP contribution in [-0.4, -0.2) is 105 Å². The Morgan fingerprint density at radius 2 is 1.85 bits per heavy atom. The first-order valence-corrected chi connectivity index (χ1v) is 15.8. The van der Waals surface area contributed by atoms with Gasteiger partial charge in [-0.15, -0.1) is 0 Å². The minimum atomic E-state index is -1.65. The lowest BCUT2D eigenvalue weighted by molar-refractivity contribution is -0.155. The molecule has 0 saturated carbocycles. The van der Waals surface area contributed by atoms with Crippen LogP contribution in [0.1, 0.15) is 58.4 Å². The maximum atomic E-state index is 14.3. The second-order valence-electron chi connectivity index (χ2n) is 12.2. The third-order valence-electron chi connectivity index (χ3n) is 7.92. The molecule has 46 heavy (non-hydrogen) atoms. The lowest BCUT2D eigenvalue weighted by Crippen LogP contribution is -2.58. The lowest BCUT2D eigenvalue weighted by atomic mass is 10.0. The number of nitrogens with two attached hydrogens (primary N) is 1. The fraction of sp³-hybridized carbons (Fsp3) is 0.625. The second-order valence-corrected chi connectivity index (χ2v) is 12.2.